The number of carbonyl (C=O) groups excluding carboxylic acids is 2. The Morgan fingerprint density at radius 3 is 2.18 bits per heavy atom. The van der Waals surface area contributed by atoms with Gasteiger partial charge < -0.3 is 24.5 Å². The molecule has 0 rings (SSSR count). The fraction of sp³-hybridized carbons (Fsp3) is 0.833. The van der Waals surface area contributed by atoms with Crippen LogP contribution in [0.4, 0.5) is 0 Å². The van der Waals surface area contributed by atoms with Crippen LogP contribution in [-0.2, 0) is 14.3 Å². The highest BCUT2D eigenvalue weighted by Crippen LogP contribution is 2.02. The monoisotopic (exact) mass is 248 g/mol. The number of aldehydes is 2. The smallest absolute Gasteiger partial charge is 0.119 e. The predicted molar refractivity (Wildman–Crippen MR) is 64.8 cm³/mol. The molecule has 5 nitrogen and oxygen atoms in total. The first-order valence-electron chi connectivity index (χ1n) is 5.97. The van der Waals surface area contributed by atoms with Gasteiger partial charge in [-0.05, 0) is 19.3 Å². The van der Waals surface area contributed by atoms with Crippen molar-refractivity contribution >= 4 is 12.6 Å². The van der Waals surface area contributed by atoms with Crippen molar-refractivity contribution in [1.29, 1.82) is 0 Å². The summed E-state index contributed by atoms with van der Waals surface area (Å²) >= 11 is 0. The lowest BCUT2D eigenvalue weighted by Crippen LogP contribution is -2.19. The Balaban J connectivity index is 0. The number of carbonyl (C=O) groups is 2. The van der Waals surface area contributed by atoms with Crippen molar-refractivity contribution in [3.8, 4) is 0 Å². The summed E-state index contributed by atoms with van der Waals surface area (Å²) in [6.07, 6.45) is 5.11. The van der Waals surface area contributed by atoms with E-state index in [0.717, 1.165) is 25.4 Å². The van der Waals surface area contributed by atoms with Crippen molar-refractivity contribution < 1.29 is 24.5 Å². The number of hydrogen-bond donors (Lipinski definition) is 2. The average molecular weight is 248 g/mol. The van der Waals surface area contributed by atoms with Gasteiger partial charge in [0.25, 0.3) is 0 Å². The summed E-state index contributed by atoms with van der Waals surface area (Å²) in [5.74, 6) is 0. The summed E-state index contributed by atoms with van der Waals surface area (Å²) in [6, 6.07) is 0. The van der Waals surface area contributed by atoms with Gasteiger partial charge >= 0.3 is 0 Å². The van der Waals surface area contributed by atoms with Gasteiger partial charge in [0.15, 0.2) is 0 Å². The van der Waals surface area contributed by atoms with E-state index >= 15 is 0 Å². The second kappa shape index (κ2) is 17.6. The third-order valence-electron chi connectivity index (χ3n) is 1.90. The van der Waals surface area contributed by atoms with E-state index in [1.807, 2.05) is 6.92 Å². The number of aliphatic hydroxyl groups excluding tert-OH is 2. The van der Waals surface area contributed by atoms with E-state index in [1.165, 1.54) is 0 Å². The molecule has 0 amide bonds. The number of hydrogen-bond acceptors (Lipinski definition) is 5. The molecule has 0 spiro atoms. The van der Waals surface area contributed by atoms with Crippen LogP contribution in [0, 0.1) is 0 Å². The van der Waals surface area contributed by atoms with Crippen LogP contribution in [0.5, 0.6) is 0 Å². The first-order valence-corrected chi connectivity index (χ1v) is 5.97. The third kappa shape index (κ3) is 17.8. The van der Waals surface area contributed by atoms with Crippen LogP contribution in [0.1, 0.15) is 39.0 Å². The van der Waals surface area contributed by atoms with Gasteiger partial charge in [-0.3, -0.25) is 0 Å². The van der Waals surface area contributed by atoms with Crippen molar-refractivity contribution in [1.82, 2.24) is 0 Å². The zero-order valence-corrected chi connectivity index (χ0v) is 10.5. The molecule has 0 bridgehead atoms. The van der Waals surface area contributed by atoms with Gasteiger partial charge in [-0.1, -0.05) is 6.92 Å². The molecule has 1 unspecified atom stereocenters. The molecule has 0 aromatic rings. The van der Waals surface area contributed by atoms with Crippen molar-refractivity contribution in [3.63, 3.8) is 0 Å². The van der Waals surface area contributed by atoms with Gasteiger partial charge in [-0.25, -0.2) is 0 Å². The molecule has 0 fully saturated rings. The van der Waals surface area contributed by atoms with Gasteiger partial charge in [-0.15, -0.1) is 0 Å². The summed E-state index contributed by atoms with van der Waals surface area (Å²) in [5, 5.41) is 17.2. The Morgan fingerprint density at radius 2 is 1.82 bits per heavy atom. The molecular formula is C12H24O5. The summed E-state index contributed by atoms with van der Waals surface area (Å²) in [6.45, 7) is 2.13. The average Bonchev–Trinajstić information content (AvgIpc) is 2.35. The normalized spacial score (nSPS) is 11.2. The second-order valence-corrected chi connectivity index (χ2v) is 3.45. The van der Waals surface area contributed by atoms with Crippen LogP contribution in [-0.4, -0.2) is 48.7 Å². The van der Waals surface area contributed by atoms with Gasteiger partial charge in [0.05, 0.1) is 25.9 Å². The Morgan fingerprint density at radius 1 is 1.18 bits per heavy atom. The summed E-state index contributed by atoms with van der Waals surface area (Å²) in [4.78, 5) is 19.4. The zero-order chi connectivity index (χ0) is 13.4. The molecule has 0 heterocycles. The highest BCUT2D eigenvalue weighted by atomic mass is 16.5. The largest absolute Gasteiger partial charge is 0.394 e. The minimum atomic E-state index is -0.239. The molecule has 0 saturated carbocycles. The summed E-state index contributed by atoms with van der Waals surface area (Å²) < 4.78 is 5.07. The van der Waals surface area contributed by atoms with Gasteiger partial charge in [0, 0.05) is 12.8 Å². The number of rotatable bonds is 10. The van der Waals surface area contributed by atoms with Crippen LogP contribution >= 0.6 is 0 Å². The number of unbranched alkanes of at least 4 members (excludes halogenated alkanes) is 2. The molecule has 0 radical (unpaired) electrons. The van der Waals surface area contributed by atoms with E-state index in [-0.39, 0.29) is 25.9 Å². The SMILES string of the molecule is CCCC=O.O=CCCCC(CO)OCCO. The Kier molecular flexibility index (Phi) is 19.2. The maximum absolute atomic E-state index is 9.95. The minimum Gasteiger partial charge on any atom is -0.394 e. The van der Waals surface area contributed by atoms with Crippen molar-refractivity contribution in [3.05, 3.63) is 0 Å². The molecule has 2 N–H and O–H groups in total. The van der Waals surface area contributed by atoms with Crippen LogP contribution in [0.2, 0.25) is 0 Å². The van der Waals surface area contributed by atoms with Crippen molar-refractivity contribution in [2.45, 2.75) is 45.1 Å². The highest BCUT2D eigenvalue weighted by molar-refractivity contribution is 5.49. The van der Waals surface area contributed by atoms with E-state index in [9.17, 15) is 9.59 Å². The first-order chi connectivity index (χ1) is 8.26. The lowest BCUT2D eigenvalue weighted by molar-refractivity contribution is -0.108. The molecule has 0 saturated heterocycles. The molecule has 0 aromatic carbocycles. The number of ether oxygens (including phenoxy) is 1. The van der Waals surface area contributed by atoms with Crippen LogP contribution in [0.25, 0.3) is 0 Å². The molecule has 0 aliphatic carbocycles. The highest BCUT2D eigenvalue weighted by Gasteiger charge is 2.05. The van der Waals surface area contributed by atoms with E-state index < -0.39 is 0 Å². The summed E-state index contributed by atoms with van der Waals surface area (Å²) in [7, 11) is 0. The topological polar surface area (TPSA) is 83.8 Å². The molecule has 0 aliphatic rings. The lowest BCUT2D eigenvalue weighted by atomic mass is 10.2. The fourth-order valence-corrected chi connectivity index (χ4v) is 0.993. The lowest BCUT2D eigenvalue weighted by Gasteiger charge is -2.13. The number of aliphatic hydroxyl groups is 2. The standard InChI is InChI=1S/C8H16O4.C4H8O/c9-4-2-1-3-8(7-11)12-6-5-10;1-2-3-4-5/h4,8,10-11H,1-3,5-7H2;4H,2-3H2,1H3. The Labute approximate surface area is 103 Å². The van der Waals surface area contributed by atoms with Crippen LogP contribution in [0.15, 0.2) is 0 Å². The molecule has 0 aliphatic heterocycles. The minimum absolute atomic E-state index is 0.0375. The first kappa shape index (κ1) is 18.6. The van der Waals surface area contributed by atoms with E-state index in [0.29, 0.717) is 19.3 Å². The van der Waals surface area contributed by atoms with Crippen molar-refractivity contribution in [2.75, 3.05) is 19.8 Å². The molecule has 0 aromatic heterocycles. The van der Waals surface area contributed by atoms with E-state index in [4.69, 9.17) is 14.9 Å². The maximum Gasteiger partial charge on any atom is 0.119 e. The third-order valence-corrected chi connectivity index (χ3v) is 1.90. The molecule has 5 heteroatoms. The van der Waals surface area contributed by atoms with Gasteiger partial charge in [-0.2, -0.15) is 0 Å². The zero-order valence-electron chi connectivity index (χ0n) is 10.5. The Bertz CT molecular complexity index is 161. The Hall–Kier alpha value is -0.780. The molecule has 17 heavy (non-hydrogen) atoms. The van der Waals surface area contributed by atoms with Crippen molar-refractivity contribution in [2.24, 2.45) is 0 Å². The van der Waals surface area contributed by atoms with E-state index in [2.05, 4.69) is 0 Å². The molecule has 1 atom stereocenters. The van der Waals surface area contributed by atoms with Crippen LogP contribution < -0.4 is 0 Å². The molecule has 102 valence electrons. The van der Waals surface area contributed by atoms with E-state index in [1.54, 1.807) is 0 Å². The van der Waals surface area contributed by atoms with Gasteiger partial charge in [0.2, 0.25) is 0 Å². The predicted octanol–water partition coefficient (Wildman–Crippen LogP) is 0.711. The van der Waals surface area contributed by atoms with Gasteiger partial charge in [0.1, 0.15) is 12.6 Å². The summed E-state index contributed by atoms with van der Waals surface area (Å²) in [5.41, 5.74) is 0. The molecular weight excluding hydrogens is 224 g/mol. The second-order valence-electron chi connectivity index (χ2n) is 3.45. The maximum atomic E-state index is 9.95. The van der Waals surface area contributed by atoms with Crippen LogP contribution in [0.3, 0.4) is 0 Å². The quantitative estimate of drug-likeness (QED) is 0.439. The fourth-order valence-electron chi connectivity index (χ4n) is 0.993.